The molecule has 0 bridgehead atoms. The van der Waals surface area contributed by atoms with Gasteiger partial charge in [-0.05, 0) is 59.0 Å². The number of rotatable bonds is 8. The molecule has 2 aromatic heterocycles. The third-order valence-electron chi connectivity index (χ3n) is 8.29. The zero-order chi connectivity index (χ0) is 29.9. The zero-order valence-corrected chi connectivity index (χ0v) is 24.3. The summed E-state index contributed by atoms with van der Waals surface area (Å²) in [6.45, 7) is 1.94. The molecule has 0 fully saturated rings. The number of hydrogen-bond donors (Lipinski definition) is 0. The van der Waals surface area contributed by atoms with E-state index < -0.39 is 5.54 Å². The Morgan fingerprint density at radius 2 is 1.34 bits per heavy atom. The van der Waals surface area contributed by atoms with Crippen LogP contribution in [0.15, 0.2) is 163 Å². The van der Waals surface area contributed by atoms with Gasteiger partial charge in [0.05, 0.1) is 24.5 Å². The first-order valence-corrected chi connectivity index (χ1v) is 14.7. The predicted octanol–water partition coefficient (Wildman–Crippen LogP) is 9.34. The Hall–Kier alpha value is -5.74. The predicted molar refractivity (Wildman–Crippen MR) is 177 cm³/mol. The van der Waals surface area contributed by atoms with Crippen LogP contribution in [0, 0.1) is 6.92 Å². The summed E-state index contributed by atoms with van der Waals surface area (Å²) in [5.74, 6) is -0.0545. The van der Waals surface area contributed by atoms with Gasteiger partial charge in [-0.1, -0.05) is 121 Å². The third kappa shape index (κ3) is 4.67. The number of ketones is 1. The summed E-state index contributed by atoms with van der Waals surface area (Å²) >= 11 is 0. The molecule has 0 N–H and O–H groups in total. The van der Waals surface area contributed by atoms with Gasteiger partial charge >= 0.3 is 0 Å². The molecule has 4 heteroatoms. The summed E-state index contributed by atoms with van der Waals surface area (Å²) in [6, 6.07) is 45.5. The van der Waals surface area contributed by atoms with Gasteiger partial charge in [-0.15, -0.1) is 0 Å². The van der Waals surface area contributed by atoms with Crippen LogP contribution in [0.4, 0.5) is 0 Å². The molecule has 0 radical (unpaired) electrons. The number of benzene rings is 5. The van der Waals surface area contributed by atoms with E-state index in [-0.39, 0.29) is 5.78 Å². The highest BCUT2D eigenvalue weighted by Gasteiger charge is 2.39. The van der Waals surface area contributed by atoms with Gasteiger partial charge in [-0.3, -0.25) is 4.79 Å². The highest BCUT2D eigenvalue weighted by atomic mass is 16.3. The largest absolute Gasteiger partial charge is 0.464 e. The van der Waals surface area contributed by atoms with E-state index in [0.717, 1.165) is 50.0 Å². The standard InChI is InChI=1S/C40H30N2O2/c1-29-25-39-31(23-24-44-39)26-36(29)38(43)22-21-30-13-11-12-20-35(30)37-27-41-28-42(37)40(32-14-5-2-6-15-32,33-16-7-3-8-17-33)34-18-9-4-10-19-34/h2-28H,1H3. The maximum absolute atomic E-state index is 13.4. The molecule has 0 atom stereocenters. The van der Waals surface area contributed by atoms with Crippen LogP contribution < -0.4 is 0 Å². The zero-order valence-electron chi connectivity index (χ0n) is 24.3. The van der Waals surface area contributed by atoms with Crippen molar-refractivity contribution < 1.29 is 9.21 Å². The molecule has 7 rings (SSSR count). The van der Waals surface area contributed by atoms with Crippen LogP contribution in [-0.2, 0) is 5.54 Å². The average molecular weight is 571 g/mol. The lowest BCUT2D eigenvalue weighted by atomic mass is 9.76. The van der Waals surface area contributed by atoms with Gasteiger partial charge in [0.1, 0.15) is 11.1 Å². The molecule has 0 aliphatic rings. The SMILES string of the molecule is Cc1cc2occc2cc1C(=O)C=Cc1ccccc1-c1cncn1C(c1ccccc1)(c1ccccc1)c1ccccc1. The van der Waals surface area contributed by atoms with Crippen LogP contribution in [0.1, 0.15) is 38.2 Å². The van der Waals surface area contributed by atoms with Crippen molar-refractivity contribution in [3.05, 3.63) is 192 Å². The molecule has 0 unspecified atom stereocenters. The molecular weight excluding hydrogens is 540 g/mol. The van der Waals surface area contributed by atoms with Crippen molar-refractivity contribution in [2.45, 2.75) is 12.5 Å². The number of nitrogens with zero attached hydrogens (tertiary/aromatic N) is 2. The van der Waals surface area contributed by atoms with Crippen molar-refractivity contribution in [2.24, 2.45) is 0 Å². The molecule has 0 spiro atoms. The summed E-state index contributed by atoms with van der Waals surface area (Å²) in [4.78, 5) is 18.2. The number of allylic oxidation sites excluding steroid dienone is 1. The van der Waals surface area contributed by atoms with Gasteiger partial charge in [0.15, 0.2) is 5.78 Å². The highest BCUT2D eigenvalue weighted by molar-refractivity contribution is 6.09. The minimum atomic E-state index is -0.709. The molecule has 0 aliphatic carbocycles. The second kappa shape index (κ2) is 11.5. The normalized spacial score (nSPS) is 11.8. The number of carbonyl (C=O) groups is 1. The Kier molecular flexibility index (Phi) is 7.09. The first-order chi connectivity index (χ1) is 21.7. The van der Waals surface area contributed by atoms with Crippen LogP contribution in [-0.4, -0.2) is 15.3 Å². The number of imidazole rings is 1. The molecule has 0 amide bonds. The van der Waals surface area contributed by atoms with E-state index in [4.69, 9.17) is 9.40 Å². The summed E-state index contributed by atoms with van der Waals surface area (Å²) in [7, 11) is 0. The third-order valence-corrected chi connectivity index (χ3v) is 8.29. The van der Waals surface area contributed by atoms with E-state index in [0.29, 0.717) is 5.56 Å². The van der Waals surface area contributed by atoms with Crippen molar-refractivity contribution in [1.29, 1.82) is 0 Å². The van der Waals surface area contributed by atoms with Crippen LogP contribution in [0.3, 0.4) is 0 Å². The van der Waals surface area contributed by atoms with Gasteiger partial charge in [0.2, 0.25) is 0 Å². The lowest BCUT2D eigenvalue weighted by Gasteiger charge is -2.38. The number of aryl methyl sites for hydroxylation is 1. The molecule has 2 heterocycles. The Bertz CT molecular complexity index is 1990. The van der Waals surface area contributed by atoms with Gasteiger partial charge < -0.3 is 8.98 Å². The van der Waals surface area contributed by atoms with E-state index >= 15 is 0 Å². The van der Waals surface area contributed by atoms with Crippen LogP contribution in [0.25, 0.3) is 28.3 Å². The lowest BCUT2D eigenvalue weighted by Crippen LogP contribution is -2.37. The number of furan rings is 1. The molecule has 0 saturated carbocycles. The summed E-state index contributed by atoms with van der Waals surface area (Å²) < 4.78 is 7.78. The summed E-state index contributed by atoms with van der Waals surface area (Å²) in [5, 5.41) is 0.913. The fourth-order valence-electron chi connectivity index (χ4n) is 6.22. The Labute approximate surface area is 256 Å². The van der Waals surface area contributed by atoms with Crippen molar-refractivity contribution in [1.82, 2.24) is 9.55 Å². The molecule has 4 nitrogen and oxygen atoms in total. The Morgan fingerprint density at radius 3 is 1.98 bits per heavy atom. The van der Waals surface area contributed by atoms with Gasteiger partial charge in [-0.25, -0.2) is 4.98 Å². The molecule has 7 aromatic rings. The average Bonchev–Trinajstić information content (AvgIpc) is 3.75. The van der Waals surface area contributed by atoms with E-state index in [1.54, 1.807) is 12.3 Å². The smallest absolute Gasteiger partial charge is 0.186 e. The van der Waals surface area contributed by atoms with Crippen molar-refractivity contribution in [3.8, 4) is 11.3 Å². The minimum absolute atomic E-state index is 0.0545. The molecule has 0 aliphatic heterocycles. The minimum Gasteiger partial charge on any atom is -0.464 e. The van der Waals surface area contributed by atoms with Crippen LogP contribution >= 0.6 is 0 Å². The highest BCUT2D eigenvalue weighted by Crippen LogP contribution is 2.43. The van der Waals surface area contributed by atoms with E-state index in [9.17, 15) is 4.79 Å². The fourth-order valence-corrected chi connectivity index (χ4v) is 6.22. The molecule has 0 saturated heterocycles. The summed E-state index contributed by atoms with van der Waals surface area (Å²) in [5.41, 5.74) is 7.79. The maximum Gasteiger partial charge on any atom is 0.186 e. The monoisotopic (exact) mass is 570 g/mol. The Balaban J connectivity index is 1.39. The van der Waals surface area contributed by atoms with Crippen LogP contribution in [0.5, 0.6) is 0 Å². The van der Waals surface area contributed by atoms with E-state index in [1.807, 2.05) is 80.1 Å². The molecule has 212 valence electrons. The first-order valence-electron chi connectivity index (χ1n) is 14.7. The van der Waals surface area contributed by atoms with Crippen molar-refractivity contribution >= 4 is 22.8 Å². The summed E-state index contributed by atoms with van der Waals surface area (Å²) in [6.07, 6.45) is 9.04. The second-order valence-corrected chi connectivity index (χ2v) is 10.9. The second-order valence-electron chi connectivity index (χ2n) is 10.9. The van der Waals surface area contributed by atoms with Crippen molar-refractivity contribution in [3.63, 3.8) is 0 Å². The van der Waals surface area contributed by atoms with E-state index in [1.165, 1.54) is 0 Å². The van der Waals surface area contributed by atoms with Gasteiger partial charge in [0, 0.05) is 16.5 Å². The Morgan fingerprint density at radius 1 is 0.750 bits per heavy atom. The first kappa shape index (κ1) is 27.1. The lowest BCUT2D eigenvalue weighted by molar-refractivity contribution is 0.104. The maximum atomic E-state index is 13.4. The van der Waals surface area contributed by atoms with Crippen molar-refractivity contribution in [2.75, 3.05) is 0 Å². The number of carbonyl (C=O) groups excluding carboxylic acids is 1. The molecule has 44 heavy (non-hydrogen) atoms. The quantitative estimate of drug-likeness (QED) is 0.104. The number of hydrogen-bond acceptors (Lipinski definition) is 3. The van der Waals surface area contributed by atoms with Gasteiger partial charge in [0.25, 0.3) is 0 Å². The van der Waals surface area contributed by atoms with Gasteiger partial charge in [-0.2, -0.15) is 0 Å². The molecule has 5 aromatic carbocycles. The number of aromatic nitrogens is 2. The fraction of sp³-hybridized carbons (Fsp3) is 0.0500. The number of fused-ring (bicyclic) bond motifs is 1. The topological polar surface area (TPSA) is 48.0 Å². The molecular formula is C40H30N2O2. The van der Waals surface area contributed by atoms with E-state index in [2.05, 4.69) is 83.4 Å². The van der Waals surface area contributed by atoms with Crippen LogP contribution in [0.2, 0.25) is 0 Å².